The molecule has 1 heterocycles. The largest absolute Gasteiger partial charge is 0.492 e. The first-order chi connectivity index (χ1) is 8.28. The molecule has 1 fully saturated rings. The summed E-state index contributed by atoms with van der Waals surface area (Å²) in [6, 6.07) is 6.06. The number of likely N-dealkylation sites (tertiary alicyclic amines) is 1. The Hall–Kier alpha value is -1.78. The lowest BCUT2D eigenvalue weighted by atomic mass is 10.1. The minimum Gasteiger partial charge on any atom is -0.492 e. The van der Waals surface area contributed by atoms with Crippen LogP contribution in [0.3, 0.4) is 0 Å². The van der Waals surface area contributed by atoms with Crippen molar-refractivity contribution in [3.63, 3.8) is 0 Å². The van der Waals surface area contributed by atoms with Gasteiger partial charge in [0.15, 0.2) is 0 Å². The molecular formula is C11H13FN4O. The van der Waals surface area contributed by atoms with Crippen LogP contribution in [0.15, 0.2) is 29.4 Å². The Morgan fingerprint density at radius 3 is 2.76 bits per heavy atom. The van der Waals surface area contributed by atoms with Gasteiger partial charge in [0.05, 0.1) is 6.04 Å². The Kier molecular flexibility index (Phi) is 3.80. The van der Waals surface area contributed by atoms with E-state index in [-0.39, 0.29) is 11.9 Å². The summed E-state index contributed by atoms with van der Waals surface area (Å²) in [4.78, 5) is 4.90. The van der Waals surface area contributed by atoms with Crippen molar-refractivity contribution in [2.45, 2.75) is 6.04 Å². The van der Waals surface area contributed by atoms with Gasteiger partial charge in [0.1, 0.15) is 18.2 Å². The Morgan fingerprint density at radius 2 is 2.12 bits per heavy atom. The molecule has 5 nitrogen and oxygen atoms in total. The number of nitrogens with zero attached hydrogens (tertiary/aromatic N) is 4. The predicted octanol–water partition coefficient (Wildman–Crippen LogP) is 2.20. The fourth-order valence-corrected chi connectivity index (χ4v) is 1.69. The molecule has 0 amide bonds. The molecule has 90 valence electrons. The van der Waals surface area contributed by atoms with Crippen molar-refractivity contribution in [1.82, 2.24) is 4.90 Å². The van der Waals surface area contributed by atoms with Crippen LogP contribution in [0.5, 0.6) is 5.75 Å². The topological polar surface area (TPSA) is 61.2 Å². The van der Waals surface area contributed by atoms with Crippen LogP contribution in [0, 0.1) is 5.82 Å². The van der Waals surface area contributed by atoms with Crippen LogP contribution in [0.4, 0.5) is 4.39 Å². The Morgan fingerprint density at radius 1 is 1.41 bits per heavy atom. The molecule has 0 unspecified atom stereocenters. The number of ether oxygens (including phenoxy) is 1. The van der Waals surface area contributed by atoms with E-state index in [9.17, 15) is 4.39 Å². The molecule has 2 rings (SSSR count). The highest BCUT2D eigenvalue weighted by Gasteiger charge is 2.24. The van der Waals surface area contributed by atoms with Crippen LogP contribution >= 0.6 is 0 Å². The first-order valence-corrected chi connectivity index (χ1v) is 5.43. The number of hydrogen-bond donors (Lipinski definition) is 0. The van der Waals surface area contributed by atoms with Gasteiger partial charge in [-0.25, -0.2) is 4.39 Å². The summed E-state index contributed by atoms with van der Waals surface area (Å²) in [5.41, 5.74) is 8.22. The lowest BCUT2D eigenvalue weighted by Gasteiger charge is -2.36. The normalized spacial score (nSPS) is 16.1. The van der Waals surface area contributed by atoms with Gasteiger partial charge in [-0.3, -0.25) is 4.90 Å². The lowest BCUT2D eigenvalue weighted by molar-refractivity contribution is 0.124. The second kappa shape index (κ2) is 5.52. The summed E-state index contributed by atoms with van der Waals surface area (Å²) in [5.74, 6) is 0.399. The summed E-state index contributed by atoms with van der Waals surface area (Å²) in [7, 11) is 0. The van der Waals surface area contributed by atoms with E-state index in [4.69, 9.17) is 10.3 Å². The Balaban J connectivity index is 1.64. The third kappa shape index (κ3) is 3.34. The SMILES string of the molecule is [N-]=[N+]=NC1CN(CCOc2ccc(F)cc2)C1. The van der Waals surface area contributed by atoms with Crippen LogP contribution in [0.1, 0.15) is 0 Å². The number of halogens is 1. The molecule has 1 aromatic rings. The molecule has 1 aliphatic heterocycles. The second-order valence-corrected chi connectivity index (χ2v) is 3.92. The van der Waals surface area contributed by atoms with Gasteiger partial charge in [-0.15, -0.1) is 0 Å². The van der Waals surface area contributed by atoms with Crippen molar-refractivity contribution in [2.24, 2.45) is 5.11 Å². The summed E-state index contributed by atoms with van der Waals surface area (Å²) >= 11 is 0. The first kappa shape index (κ1) is 11.7. The predicted molar refractivity (Wildman–Crippen MR) is 61.3 cm³/mol. The molecule has 0 aliphatic carbocycles. The van der Waals surface area contributed by atoms with E-state index in [2.05, 4.69) is 14.9 Å². The van der Waals surface area contributed by atoms with Crippen molar-refractivity contribution in [2.75, 3.05) is 26.2 Å². The summed E-state index contributed by atoms with van der Waals surface area (Å²) in [5, 5.41) is 3.61. The molecule has 1 aromatic carbocycles. The van der Waals surface area contributed by atoms with Crippen LogP contribution in [0.25, 0.3) is 10.4 Å². The monoisotopic (exact) mass is 236 g/mol. The molecule has 0 spiro atoms. The smallest absolute Gasteiger partial charge is 0.123 e. The van der Waals surface area contributed by atoms with Crippen molar-refractivity contribution in [3.8, 4) is 5.75 Å². The lowest BCUT2D eigenvalue weighted by Crippen LogP contribution is -2.50. The maximum atomic E-state index is 12.6. The molecule has 6 heteroatoms. The maximum Gasteiger partial charge on any atom is 0.123 e. The van der Waals surface area contributed by atoms with Gasteiger partial charge in [0.2, 0.25) is 0 Å². The summed E-state index contributed by atoms with van der Waals surface area (Å²) < 4.78 is 18.1. The summed E-state index contributed by atoms with van der Waals surface area (Å²) in [6.07, 6.45) is 0. The third-order valence-corrected chi connectivity index (χ3v) is 2.64. The zero-order chi connectivity index (χ0) is 12.1. The van der Waals surface area contributed by atoms with Gasteiger partial charge < -0.3 is 4.74 Å². The molecule has 0 radical (unpaired) electrons. The highest BCUT2D eigenvalue weighted by atomic mass is 19.1. The minimum atomic E-state index is -0.266. The van der Waals surface area contributed by atoms with Gasteiger partial charge in [0.25, 0.3) is 0 Å². The Labute approximate surface area is 98.4 Å². The van der Waals surface area contributed by atoms with Crippen LogP contribution in [0.2, 0.25) is 0 Å². The number of azide groups is 1. The van der Waals surface area contributed by atoms with Crippen LogP contribution in [-0.4, -0.2) is 37.2 Å². The maximum absolute atomic E-state index is 12.6. The highest BCUT2D eigenvalue weighted by molar-refractivity contribution is 5.21. The van der Waals surface area contributed by atoms with Gasteiger partial charge in [0, 0.05) is 24.5 Å². The fourth-order valence-electron chi connectivity index (χ4n) is 1.69. The molecule has 0 N–H and O–H groups in total. The van der Waals surface area contributed by atoms with E-state index in [0.717, 1.165) is 19.6 Å². The van der Waals surface area contributed by atoms with Gasteiger partial charge >= 0.3 is 0 Å². The van der Waals surface area contributed by atoms with E-state index >= 15 is 0 Å². The third-order valence-electron chi connectivity index (χ3n) is 2.64. The van der Waals surface area contributed by atoms with Crippen molar-refractivity contribution in [3.05, 3.63) is 40.5 Å². The molecule has 0 aromatic heterocycles. The van der Waals surface area contributed by atoms with Crippen molar-refractivity contribution < 1.29 is 9.13 Å². The molecule has 1 saturated heterocycles. The average Bonchev–Trinajstić information content (AvgIpc) is 2.28. The zero-order valence-corrected chi connectivity index (χ0v) is 9.29. The molecule has 17 heavy (non-hydrogen) atoms. The molecule has 0 saturated carbocycles. The number of benzene rings is 1. The first-order valence-electron chi connectivity index (χ1n) is 5.43. The number of hydrogen-bond acceptors (Lipinski definition) is 3. The molecule has 0 bridgehead atoms. The quantitative estimate of drug-likeness (QED) is 0.447. The van der Waals surface area contributed by atoms with E-state index in [0.29, 0.717) is 12.4 Å². The van der Waals surface area contributed by atoms with E-state index in [1.165, 1.54) is 12.1 Å². The standard InChI is InChI=1S/C11H13FN4O/c12-9-1-3-11(4-2-9)17-6-5-16-7-10(8-16)14-15-13/h1-4,10H,5-8H2. The fraction of sp³-hybridized carbons (Fsp3) is 0.455. The van der Waals surface area contributed by atoms with E-state index in [1.54, 1.807) is 12.1 Å². The van der Waals surface area contributed by atoms with Crippen molar-refractivity contribution in [1.29, 1.82) is 0 Å². The van der Waals surface area contributed by atoms with Gasteiger partial charge in [-0.1, -0.05) is 5.11 Å². The van der Waals surface area contributed by atoms with Crippen LogP contribution in [-0.2, 0) is 0 Å². The molecular weight excluding hydrogens is 223 g/mol. The Bertz CT molecular complexity index is 410. The molecule has 0 atom stereocenters. The molecule has 1 aliphatic rings. The number of rotatable bonds is 5. The van der Waals surface area contributed by atoms with Crippen LogP contribution < -0.4 is 4.74 Å². The second-order valence-electron chi connectivity index (χ2n) is 3.92. The van der Waals surface area contributed by atoms with E-state index in [1.807, 2.05) is 0 Å². The van der Waals surface area contributed by atoms with E-state index < -0.39 is 0 Å². The van der Waals surface area contributed by atoms with Gasteiger partial charge in [-0.05, 0) is 29.8 Å². The van der Waals surface area contributed by atoms with Crippen molar-refractivity contribution >= 4 is 0 Å². The highest BCUT2D eigenvalue weighted by Crippen LogP contribution is 2.13. The average molecular weight is 236 g/mol. The van der Waals surface area contributed by atoms with Gasteiger partial charge in [-0.2, -0.15) is 0 Å². The zero-order valence-electron chi connectivity index (χ0n) is 9.29. The minimum absolute atomic E-state index is 0.103. The summed E-state index contributed by atoms with van der Waals surface area (Å²) in [6.45, 7) is 2.91.